The number of hydrogen-bond acceptors (Lipinski definition) is 4. The molecular formula is C21H18ClF3N4. The van der Waals surface area contributed by atoms with E-state index in [0.29, 0.717) is 10.6 Å². The van der Waals surface area contributed by atoms with Gasteiger partial charge in [-0.2, -0.15) is 18.3 Å². The third kappa shape index (κ3) is 5.48. The minimum atomic E-state index is -4.44. The number of hydrazone groups is 1. The number of nitrogens with one attached hydrogen (secondary N) is 1. The number of pyridine rings is 1. The van der Waals surface area contributed by atoms with Crippen LogP contribution in [-0.4, -0.2) is 25.3 Å². The summed E-state index contributed by atoms with van der Waals surface area (Å²) in [6.07, 6.45) is -2.83. The van der Waals surface area contributed by atoms with Gasteiger partial charge in [-0.15, -0.1) is 0 Å². The Morgan fingerprint density at radius 2 is 1.66 bits per heavy atom. The number of benzene rings is 2. The quantitative estimate of drug-likeness (QED) is 0.412. The fourth-order valence-corrected chi connectivity index (χ4v) is 2.63. The Balaban J connectivity index is 1.79. The van der Waals surface area contributed by atoms with E-state index < -0.39 is 11.7 Å². The second kappa shape index (κ2) is 8.53. The first-order chi connectivity index (χ1) is 13.7. The van der Waals surface area contributed by atoms with Crippen LogP contribution in [0.3, 0.4) is 0 Å². The molecule has 3 aromatic rings. The number of alkyl halides is 3. The molecule has 0 aliphatic rings. The lowest BCUT2D eigenvalue weighted by atomic mass is 10.1. The van der Waals surface area contributed by atoms with Crippen LogP contribution >= 0.6 is 11.6 Å². The van der Waals surface area contributed by atoms with Crippen LogP contribution in [0, 0.1) is 0 Å². The van der Waals surface area contributed by atoms with Crippen LogP contribution in [0.2, 0.25) is 5.02 Å². The van der Waals surface area contributed by atoms with Crippen molar-refractivity contribution in [2.75, 3.05) is 24.4 Å². The molecule has 0 amide bonds. The monoisotopic (exact) mass is 418 g/mol. The van der Waals surface area contributed by atoms with Gasteiger partial charge in [-0.25, -0.2) is 4.98 Å². The van der Waals surface area contributed by atoms with Crippen molar-refractivity contribution in [3.63, 3.8) is 0 Å². The van der Waals surface area contributed by atoms with Crippen LogP contribution in [-0.2, 0) is 6.18 Å². The molecule has 8 heteroatoms. The molecule has 0 radical (unpaired) electrons. The van der Waals surface area contributed by atoms with Gasteiger partial charge in [0.1, 0.15) is 5.82 Å². The van der Waals surface area contributed by atoms with Crippen molar-refractivity contribution in [3.8, 4) is 11.3 Å². The van der Waals surface area contributed by atoms with E-state index in [9.17, 15) is 13.2 Å². The van der Waals surface area contributed by atoms with Crippen molar-refractivity contribution in [2.45, 2.75) is 6.18 Å². The third-order valence-electron chi connectivity index (χ3n) is 4.06. The average molecular weight is 419 g/mol. The number of aromatic nitrogens is 1. The van der Waals surface area contributed by atoms with Gasteiger partial charge in [0, 0.05) is 24.7 Å². The van der Waals surface area contributed by atoms with Crippen LogP contribution < -0.4 is 10.3 Å². The van der Waals surface area contributed by atoms with Gasteiger partial charge in [-0.3, -0.25) is 5.43 Å². The first-order valence-electron chi connectivity index (χ1n) is 8.64. The zero-order chi connectivity index (χ0) is 21.0. The van der Waals surface area contributed by atoms with Crippen molar-refractivity contribution >= 4 is 29.3 Å². The van der Waals surface area contributed by atoms with Gasteiger partial charge in [0.15, 0.2) is 0 Å². The Labute approximate surface area is 171 Å². The van der Waals surface area contributed by atoms with Gasteiger partial charge in [-0.1, -0.05) is 35.9 Å². The van der Waals surface area contributed by atoms with Crippen LogP contribution in [0.15, 0.2) is 65.8 Å². The Bertz CT molecular complexity index is 998. The number of halogens is 4. The molecule has 0 atom stereocenters. The highest BCUT2D eigenvalue weighted by Crippen LogP contribution is 2.33. The van der Waals surface area contributed by atoms with E-state index >= 15 is 0 Å². The molecule has 0 saturated heterocycles. The van der Waals surface area contributed by atoms with E-state index in [1.54, 1.807) is 73.7 Å². The molecule has 1 heterocycles. The fourth-order valence-electron chi connectivity index (χ4n) is 2.50. The summed E-state index contributed by atoms with van der Waals surface area (Å²) in [6, 6.07) is 16.1. The Hall–Kier alpha value is -3.06. The summed E-state index contributed by atoms with van der Waals surface area (Å²) >= 11 is 5.83. The summed E-state index contributed by atoms with van der Waals surface area (Å²) in [5.41, 5.74) is 4.56. The molecule has 0 aliphatic heterocycles. The van der Waals surface area contributed by atoms with E-state index in [2.05, 4.69) is 15.5 Å². The maximum Gasteiger partial charge on any atom is 0.416 e. The average Bonchev–Trinajstić information content (AvgIpc) is 2.69. The van der Waals surface area contributed by atoms with Gasteiger partial charge >= 0.3 is 6.18 Å². The summed E-state index contributed by atoms with van der Waals surface area (Å²) in [7, 11) is 3.30. The van der Waals surface area contributed by atoms with Crippen LogP contribution in [0.4, 0.5) is 24.7 Å². The lowest BCUT2D eigenvalue weighted by Gasteiger charge is -2.16. The van der Waals surface area contributed by atoms with E-state index in [1.165, 1.54) is 0 Å². The maximum absolute atomic E-state index is 13.2. The van der Waals surface area contributed by atoms with Crippen molar-refractivity contribution in [2.24, 2.45) is 5.10 Å². The second-order valence-corrected chi connectivity index (χ2v) is 6.93. The molecular weight excluding hydrogens is 401 g/mol. The molecule has 150 valence electrons. The van der Waals surface area contributed by atoms with Gasteiger partial charge in [0.2, 0.25) is 0 Å². The molecule has 1 N–H and O–H groups in total. The lowest BCUT2D eigenvalue weighted by molar-refractivity contribution is -0.137. The van der Waals surface area contributed by atoms with Crippen molar-refractivity contribution in [1.82, 2.24) is 4.98 Å². The summed E-state index contributed by atoms with van der Waals surface area (Å²) < 4.78 is 39.6. The molecule has 4 nitrogen and oxygen atoms in total. The third-order valence-corrected chi connectivity index (χ3v) is 4.31. The normalized spacial score (nSPS) is 11.7. The van der Waals surface area contributed by atoms with Gasteiger partial charge in [-0.05, 0) is 42.0 Å². The lowest BCUT2D eigenvalue weighted by Crippen LogP contribution is -2.14. The highest BCUT2D eigenvalue weighted by atomic mass is 35.5. The van der Waals surface area contributed by atoms with E-state index in [4.69, 9.17) is 11.6 Å². The predicted octanol–water partition coefficient (Wildman–Crippen LogP) is 5.93. The largest absolute Gasteiger partial charge is 0.416 e. The zero-order valence-electron chi connectivity index (χ0n) is 15.7. The summed E-state index contributed by atoms with van der Waals surface area (Å²) in [5, 5.41) is 4.77. The van der Waals surface area contributed by atoms with Gasteiger partial charge < -0.3 is 4.90 Å². The topological polar surface area (TPSA) is 40.5 Å². The Morgan fingerprint density at radius 1 is 1.00 bits per heavy atom. The smallest absolute Gasteiger partial charge is 0.363 e. The molecule has 0 saturated carbocycles. The van der Waals surface area contributed by atoms with Crippen molar-refractivity contribution < 1.29 is 13.2 Å². The van der Waals surface area contributed by atoms with E-state index in [-0.39, 0.29) is 11.5 Å². The molecule has 0 unspecified atom stereocenters. The van der Waals surface area contributed by atoms with Gasteiger partial charge in [0.25, 0.3) is 0 Å². The van der Waals surface area contributed by atoms with E-state index in [1.807, 2.05) is 0 Å². The zero-order valence-corrected chi connectivity index (χ0v) is 16.5. The molecule has 29 heavy (non-hydrogen) atoms. The van der Waals surface area contributed by atoms with E-state index in [0.717, 1.165) is 23.4 Å². The molecule has 0 fully saturated rings. The van der Waals surface area contributed by atoms with Crippen LogP contribution in [0.25, 0.3) is 11.3 Å². The standard InChI is InChI=1S/C21H18ClF3N4/c1-29(2)20-12-16(21(23,24)25)11-19(27-20)15-5-3-14(4-6-15)13-26-28-18-9-7-17(22)8-10-18/h3-13,28H,1-2H3. The number of anilines is 2. The molecule has 0 bridgehead atoms. The van der Waals surface area contributed by atoms with Gasteiger partial charge in [0.05, 0.1) is 23.2 Å². The summed E-state index contributed by atoms with van der Waals surface area (Å²) in [5.74, 6) is 0.243. The second-order valence-electron chi connectivity index (χ2n) is 6.49. The minimum absolute atomic E-state index is 0.243. The van der Waals surface area contributed by atoms with Crippen molar-refractivity contribution in [1.29, 1.82) is 0 Å². The Kier molecular flexibility index (Phi) is 6.08. The fraction of sp³-hybridized carbons (Fsp3) is 0.143. The molecule has 0 spiro atoms. The molecule has 0 aliphatic carbocycles. The highest BCUT2D eigenvalue weighted by molar-refractivity contribution is 6.30. The first-order valence-corrected chi connectivity index (χ1v) is 9.02. The summed E-state index contributed by atoms with van der Waals surface area (Å²) in [6.45, 7) is 0. The molecule has 3 rings (SSSR count). The molecule has 1 aromatic heterocycles. The predicted molar refractivity (Wildman–Crippen MR) is 112 cm³/mol. The summed E-state index contributed by atoms with van der Waals surface area (Å²) in [4.78, 5) is 5.87. The Morgan fingerprint density at radius 3 is 2.24 bits per heavy atom. The number of nitrogens with zero attached hydrogens (tertiary/aromatic N) is 3. The number of hydrogen-bond donors (Lipinski definition) is 1. The maximum atomic E-state index is 13.2. The minimum Gasteiger partial charge on any atom is -0.363 e. The first kappa shape index (κ1) is 20.7. The SMILES string of the molecule is CN(C)c1cc(C(F)(F)F)cc(-c2ccc(C=NNc3ccc(Cl)cc3)cc2)n1. The van der Waals surface area contributed by atoms with Crippen molar-refractivity contribution in [3.05, 3.63) is 76.8 Å². The highest BCUT2D eigenvalue weighted by Gasteiger charge is 2.32. The number of rotatable bonds is 5. The molecule has 2 aromatic carbocycles. The van der Waals surface area contributed by atoms with Crippen LogP contribution in [0.5, 0.6) is 0 Å². The van der Waals surface area contributed by atoms with Crippen LogP contribution in [0.1, 0.15) is 11.1 Å².